The van der Waals surface area contributed by atoms with Crippen LogP contribution >= 0.6 is 0 Å². The fraction of sp³-hybridized carbons (Fsp3) is 0.333. The van der Waals surface area contributed by atoms with E-state index in [9.17, 15) is 10.2 Å². The third-order valence-electron chi connectivity index (χ3n) is 3.82. The van der Waals surface area contributed by atoms with Crippen LogP contribution in [-0.4, -0.2) is 10.2 Å². The first kappa shape index (κ1) is 14.4. The van der Waals surface area contributed by atoms with E-state index in [4.69, 9.17) is 0 Å². The Hall–Kier alpha value is -1.96. The highest BCUT2D eigenvalue weighted by Gasteiger charge is 2.17. The van der Waals surface area contributed by atoms with E-state index in [1.807, 2.05) is 26.0 Å². The van der Waals surface area contributed by atoms with Crippen LogP contribution in [0.4, 0.5) is 0 Å². The van der Waals surface area contributed by atoms with Gasteiger partial charge in [0.15, 0.2) is 0 Å². The van der Waals surface area contributed by atoms with E-state index in [1.165, 1.54) is 5.56 Å². The van der Waals surface area contributed by atoms with Gasteiger partial charge < -0.3 is 10.2 Å². The summed E-state index contributed by atoms with van der Waals surface area (Å²) in [7, 11) is 0. The first-order valence-electron chi connectivity index (χ1n) is 7.28. The number of aromatic hydroxyl groups is 2. The number of phenols is 2. The van der Waals surface area contributed by atoms with E-state index < -0.39 is 0 Å². The third-order valence-corrected chi connectivity index (χ3v) is 3.82. The monoisotopic (exact) mass is 270 g/mol. The van der Waals surface area contributed by atoms with Gasteiger partial charge in [0.2, 0.25) is 0 Å². The molecule has 0 aliphatic carbocycles. The summed E-state index contributed by atoms with van der Waals surface area (Å²) in [5.74, 6) is 0.578. The molecule has 0 atom stereocenters. The summed E-state index contributed by atoms with van der Waals surface area (Å²) in [4.78, 5) is 0. The third kappa shape index (κ3) is 2.51. The Morgan fingerprint density at radius 3 is 2.25 bits per heavy atom. The van der Waals surface area contributed by atoms with E-state index in [-0.39, 0.29) is 5.75 Å². The largest absolute Gasteiger partial charge is 0.508 e. The SMILES string of the molecule is CCc1cccc(-c2c(O)c(CC)cc(O)c2CC)c1. The molecule has 2 heteroatoms. The van der Waals surface area contributed by atoms with Crippen molar-refractivity contribution < 1.29 is 10.2 Å². The predicted molar refractivity (Wildman–Crippen MR) is 83.3 cm³/mol. The molecule has 0 fully saturated rings. The number of hydrogen-bond acceptors (Lipinski definition) is 2. The quantitative estimate of drug-likeness (QED) is 0.806. The van der Waals surface area contributed by atoms with Gasteiger partial charge in [-0.05, 0) is 42.0 Å². The number of benzene rings is 2. The van der Waals surface area contributed by atoms with E-state index in [0.717, 1.165) is 28.7 Å². The smallest absolute Gasteiger partial charge is 0.127 e. The van der Waals surface area contributed by atoms with Crippen LogP contribution < -0.4 is 0 Å². The molecule has 2 nitrogen and oxygen atoms in total. The van der Waals surface area contributed by atoms with Crippen molar-refractivity contribution in [3.63, 3.8) is 0 Å². The van der Waals surface area contributed by atoms with E-state index >= 15 is 0 Å². The molecule has 2 N–H and O–H groups in total. The minimum absolute atomic E-state index is 0.277. The summed E-state index contributed by atoms with van der Waals surface area (Å²) in [5, 5.41) is 20.7. The fourth-order valence-electron chi connectivity index (χ4n) is 2.64. The Labute approximate surface area is 120 Å². The molecule has 0 amide bonds. The first-order chi connectivity index (χ1) is 9.62. The van der Waals surface area contributed by atoms with Crippen LogP contribution in [0.2, 0.25) is 0 Å². The lowest BCUT2D eigenvalue weighted by Crippen LogP contribution is -1.95. The summed E-state index contributed by atoms with van der Waals surface area (Å²) in [6.07, 6.45) is 2.34. The van der Waals surface area contributed by atoms with Gasteiger partial charge in [0.1, 0.15) is 11.5 Å². The molecule has 2 rings (SSSR count). The molecule has 0 radical (unpaired) electrons. The first-order valence-corrected chi connectivity index (χ1v) is 7.28. The maximum Gasteiger partial charge on any atom is 0.127 e. The lowest BCUT2D eigenvalue weighted by atomic mass is 9.91. The van der Waals surface area contributed by atoms with Gasteiger partial charge in [-0.2, -0.15) is 0 Å². The maximum atomic E-state index is 10.5. The van der Waals surface area contributed by atoms with Crippen LogP contribution in [0.15, 0.2) is 30.3 Å². The summed E-state index contributed by atoms with van der Waals surface area (Å²) in [6, 6.07) is 9.85. The van der Waals surface area contributed by atoms with Gasteiger partial charge in [0.25, 0.3) is 0 Å². The molecule has 0 saturated heterocycles. The molecule has 2 aromatic carbocycles. The second kappa shape index (κ2) is 6.00. The summed E-state index contributed by atoms with van der Waals surface area (Å²) < 4.78 is 0. The van der Waals surface area contributed by atoms with Crippen molar-refractivity contribution >= 4 is 0 Å². The molecule has 106 valence electrons. The number of aryl methyl sites for hydroxylation is 2. The van der Waals surface area contributed by atoms with Crippen LogP contribution in [-0.2, 0) is 19.3 Å². The van der Waals surface area contributed by atoms with Crippen LogP contribution in [0.3, 0.4) is 0 Å². The summed E-state index contributed by atoms with van der Waals surface area (Å²) >= 11 is 0. The zero-order valence-electron chi connectivity index (χ0n) is 12.4. The molecule has 0 aliphatic rings. The Morgan fingerprint density at radius 1 is 0.900 bits per heavy atom. The Bertz CT molecular complexity index is 615. The van der Waals surface area contributed by atoms with Crippen LogP contribution in [0, 0.1) is 0 Å². The molecule has 0 saturated carbocycles. The van der Waals surface area contributed by atoms with Crippen molar-refractivity contribution in [3.8, 4) is 22.6 Å². The Morgan fingerprint density at radius 2 is 1.65 bits per heavy atom. The molecular weight excluding hydrogens is 248 g/mol. The van der Waals surface area contributed by atoms with Gasteiger partial charge in [0.05, 0.1) is 0 Å². The molecule has 2 aromatic rings. The highest BCUT2D eigenvalue weighted by molar-refractivity contribution is 5.78. The minimum atomic E-state index is 0.277. The highest BCUT2D eigenvalue weighted by Crippen LogP contribution is 2.41. The predicted octanol–water partition coefficient (Wildman–Crippen LogP) is 4.45. The van der Waals surface area contributed by atoms with Gasteiger partial charge in [-0.15, -0.1) is 0 Å². The maximum absolute atomic E-state index is 10.5. The van der Waals surface area contributed by atoms with Gasteiger partial charge >= 0.3 is 0 Å². The standard InChI is InChI=1S/C18H22O2/c1-4-12-8-7-9-14(10-12)17-15(6-3)16(19)11-13(5-2)18(17)20/h7-11,19-20H,4-6H2,1-3H3. The second-order valence-corrected chi connectivity index (χ2v) is 5.02. The van der Waals surface area contributed by atoms with E-state index in [2.05, 4.69) is 19.1 Å². The molecule has 0 heterocycles. The summed E-state index contributed by atoms with van der Waals surface area (Å²) in [6.45, 7) is 6.08. The Kier molecular flexibility index (Phi) is 4.33. The van der Waals surface area contributed by atoms with Crippen molar-refractivity contribution in [1.82, 2.24) is 0 Å². The highest BCUT2D eigenvalue weighted by atomic mass is 16.3. The molecular formula is C18H22O2. The number of rotatable bonds is 4. The van der Waals surface area contributed by atoms with Crippen molar-refractivity contribution in [1.29, 1.82) is 0 Å². The van der Waals surface area contributed by atoms with E-state index in [0.29, 0.717) is 18.6 Å². The van der Waals surface area contributed by atoms with Gasteiger partial charge in [0, 0.05) is 11.1 Å². The van der Waals surface area contributed by atoms with Gasteiger partial charge in [-0.25, -0.2) is 0 Å². The average Bonchev–Trinajstić information content (AvgIpc) is 2.48. The lowest BCUT2D eigenvalue weighted by Gasteiger charge is -2.16. The minimum Gasteiger partial charge on any atom is -0.508 e. The molecule has 0 aromatic heterocycles. The average molecular weight is 270 g/mol. The summed E-state index contributed by atoms with van der Waals surface area (Å²) in [5.41, 5.74) is 4.58. The number of hydrogen-bond donors (Lipinski definition) is 2. The normalized spacial score (nSPS) is 10.8. The topological polar surface area (TPSA) is 40.5 Å². The zero-order chi connectivity index (χ0) is 14.7. The second-order valence-electron chi connectivity index (χ2n) is 5.02. The van der Waals surface area contributed by atoms with Crippen molar-refractivity contribution in [2.24, 2.45) is 0 Å². The number of phenolic OH excluding ortho intramolecular Hbond substituents is 2. The van der Waals surface area contributed by atoms with Crippen molar-refractivity contribution in [3.05, 3.63) is 47.0 Å². The van der Waals surface area contributed by atoms with Crippen LogP contribution in [0.1, 0.15) is 37.5 Å². The van der Waals surface area contributed by atoms with Crippen molar-refractivity contribution in [2.45, 2.75) is 40.0 Å². The Balaban J connectivity index is 2.73. The van der Waals surface area contributed by atoms with Crippen LogP contribution in [0.25, 0.3) is 11.1 Å². The van der Waals surface area contributed by atoms with Crippen LogP contribution in [0.5, 0.6) is 11.5 Å². The van der Waals surface area contributed by atoms with Gasteiger partial charge in [-0.3, -0.25) is 0 Å². The molecule has 20 heavy (non-hydrogen) atoms. The zero-order valence-corrected chi connectivity index (χ0v) is 12.4. The fourth-order valence-corrected chi connectivity index (χ4v) is 2.64. The molecule has 0 aliphatic heterocycles. The lowest BCUT2D eigenvalue weighted by molar-refractivity contribution is 0.451. The molecule has 0 spiro atoms. The van der Waals surface area contributed by atoms with Gasteiger partial charge in [-0.1, -0.05) is 45.0 Å². The van der Waals surface area contributed by atoms with Crippen molar-refractivity contribution in [2.75, 3.05) is 0 Å². The molecule has 0 bridgehead atoms. The molecule has 0 unspecified atom stereocenters. The van der Waals surface area contributed by atoms with E-state index in [1.54, 1.807) is 6.07 Å².